The zero-order valence-electron chi connectivity index (χ0n) is 9.55. The number of anilines is 1. The zero-order chi connectivity index (χ0) is 13.3. The number of nitrogens with one attached hydrogen (secondary N) is 1. The van der Waals surface area contributed by atoms with Gasteiger partial charge in [0.2, 0.25) is 5.91 Å². The van der Waals surface area contributed by atoms with Crippen LogP contribution in [0.2, 0.25) is 0 Å². The van der Waals surface area contributed by atoms with E-state index in [1.165, 1.54) is 12.1 Å². The topological polar surface area (TPSA) is 118 Å². The Labute approximate surface area is 103 Å². The normalized spacial score (nSPS) is 16.7. The average Bonchev–Trinajstić information content (AvgIpc) is 2.27. The van der Waals surface area contributed by atoms with Gasteiger partial charge in [-0.3, -0.25) is 14.9 Å². The third kappa shape index (κ3) is 2.12. The maximum absolute atomic E-state index is 11.9. The standard InChI is InChI=1S/C11H13N3O4/c12-11(4-1-5-11)10(16)13-8-3-2-7(15)6-9(8)14(17)18/h2-3,6,15H,1,4-5,12H2,(H,13,16). The van der Waals surface area contributed by atoms with Crippen LogP contribution in [0.3, 0.4) is 0 Å². The molecule has 0 saturated heterocycles. The number of hydrogen-bond acceptors (Lipinski definition) is 5. The molecule has 1 amide bonds. The molecular formula is C11H13N3O4. The van der Waals surface area contributed by atoms with Gasteiger partial charge in [-0.1, -0.05) is 0 Å². The van der Waals surface area contributed by atoms with Gasteiger partial charge in [0, 0.05) is 0 Å². The first-order chi connectivity index (χ1) is 8.42. The number of benzene rings is 1. The van der Waals surface area contributed by atoms with Gasteiger partial charge in [-0.2, -0.15) is 0 Å². The summed E-state index contributed by atoms with van der Waals surface area (Å²) in [5, 5.41) is 22.4. The summed E-state index contributed by atoms with van der Waals surface area (Å²) in [6.45, 7) is 0. The number of amides is 1. The van der Waals surface area contributed by atoms with Gasteiger partial charge >= 0.3 is 0 Å². The molecule has 1 aromatic rings. The highest BCUT2D eigenvalue weighted by Gasteiger charge is 2.40. The summed E-state index contributed by atoms with van der Waals surface area (Å²) in [6, 6.07) is 3.54. The van der Waals surface area contributed by atoms with E-state index < -0.39 is 16.4 Å². The van der Waals surface area contributed by atoms with Gasteiger partial charge in [-0.25, -0.2) is 0 Å². The first-order valence-electron chi connectivity index (χ1n) is 5.50. The molecule has 0 bridgehead atoms. The van der Waals surface area contributed by atoms with Gasteiger partial charge in [0.1, 0.15) is 11.4 Å². The number of carbonyl (C=O) groups excluding carboxylic acids is 1. The van der Waals surface area contributed by atoms with Gasteiger partial charge in [-0.05, 0) is 31.4 Å². The predicted molar refractivity (Wildman–Crippen MR) is 64.2 cm³/mol. The fourth-order valence-electron chi connectivity index (χ4n) is 1.81. The second-order valence-corrected chi connectivity index (χ2v) is 4.42. The maximum Gasteiger partial charge on any atom is 0.296 e. The molecule has 18 heavy (non-hydrogen) atoms. The van der Waals surface area contributed by atoms with Crippen molar-refractivity contribution in [3.05, 3.63) is 28.3 Å². The van der Waals surface area contributed by atoms with Crippen molar-refractivity contribution in [2.24, 2.45) is 5.73 Å². The highest BCUT2D eigenvalue weighted by Crippen LogP contribution is 2.33. The molecule has 0 aliphatic heterocycles. The number of carbonyl (C=O) groups is 1. The lowest BCUT2D eigenvalue weighted by molar-refractivity contribution is -0.384. The van der Waals surface area contributed by atoms with Gasteiger partial charge < -0.3 is 16.2 Å². The lowest BCUT2D eigenvalue weighted by atomic mass is 9.77. The monoisotopic (exact) mass is 251 g/mol. The molecule has 96 valence electrons. The van der Waals surface area contributed by atoms with E-state index in [2.05, 4.69) is 5.32 Å². The Hall–Kier alpha value is -2.15. The number of nitro benzene ring substituents is 1. The van der Waals surface area contributed by atoms with E-state index in [1.54, 1.807) is 0 Å². The van der Waals surface area contributed by atoms with Crippen molar-refractivity contribution >= 4 is 17.3 Å². The van der Waals surface area contributed by atoms with Crippen molar-refractivity contribution in [2.45, 2.75) is 24.8 Å². The van der Waals surface area contributed by atoms with Gasteiger partial charge in [0.05, 0.1) is 16.5 Å². The minimum absolute atomic E-state index is 0.0412. The Morgan fingerprint density at radius 2 is 2.17 bits per heavy atom. The summed E-state index contributed by atoms with van der Waals surface area (Å²) in [7, 11) is 0. The molecule has 7 heteroatoms. The van der Waals surface area contributed by atoms with Gasteiger partial charge in [-0.15, -0.1) is 0 Å². The van der Waals surface area contributed by atoms with Crippen LogP contribution in [0.4, 0.5) is 11.4 Å². The largest absolute Gasteiger partial charge is 0.508 e. The van der Waals surface area contributed by atoms with Crippen LogP contribution in [-0.2, 0) is 4.79 Å². The summed E-state index contributed by atoms with van der Waals surface area (Å²) in [5.41, 5.74) is 4.58. The van der Waals surface area contributed by atoms with Gasteiger partial charge in [0.15, 0.2) is 0 Å². The van der Waals surface area contributed by atoms with Gasteiger partial charge in [0.25, 0.3) is 5.69 Å². The minimum Gasteiger partial charge on any atom is -0.508 e. The summed E-state index contributed by atoms with van der Waals surface area (Å²) in [5.74, 6) is -0.659. The first-order valence-corrected chi connectivity index (χ1v) is 5.50. The molecule has 0 unspecified atom stereocenters. The number of nitrogens with two attached hydrogens (primary N) is 1. The molecule has 7 nitrogen and oxygen atoms in total. The number of hydrogen-bond donors (Lipinski definition) is 3. The second kappa shape index (κ2) is 4.26. The van der Waals surface area contributed by atoms with E-state index in [0.717, 1.165) is 12.5 Å². The summed E-state index contributed by atoms with van der Waals surface area (Å²) < 4.78 is 0. The molecule has 2 rings (SSSR count). The number of phenols is 1. The Kier molecular flexibility index (Phi) is 2.92. The molecule has 0 radical (unpaired) electrons. The second-order valence-electron chi connectivity index (χ2n) is 4.42. The molecule has 1 saturated carbocycles. The smallest absolute Gasteiger partial charge is 0.296 e. The van der Waals surface area contributed by atoms with E-state index in [0.29, 0.717) is 12.8 Å². The van der Waals surface area contributed by atoms with Crippen molar-refractivity contribution in [3.8, 4) is 5.75 Å². The van der Waals surface area contributed by atoms with Crippen LogP contribution in [-0.4, -0.2) is 21.5 Å². The van der Waals surface area contributed by atoms with Crippen LogP contribution in [0.15, 0.2) is 18.2 Å². The van der Waals surface area contributed by atoms with E-state index in [1.807, 2.05) is 0 Å². The molecule has 0 spiro atoms. The SMILES string of the molecule is NC1(C(=O)Nc2ccc(O)cc2[N+](=O)[O-])CCC1. The summed E-state index contributed by atoms with van der Waals surface area (Å²) >= 11 is 0. The molecule has 0 heterocycles. The number of aromatic hydroxyl groups is 1. The van der Waals surface area contributed by atoms with Crippen LogP contribution in [0.25, 0.3) is 0 Å². The quantitative estimate of drug-likeness (QED) is 0.422. The number of nitrogens with zero attached hydrogens (tertiary/aromatic N) is 1. The Morgan fingerprint density at radius 3 is 2.67 bits per heavy atom. The molecule has 4 N–H and O–H groups in total. The van der Waals surface area contributed by atoms with Crippen molar-refractivity contribution < 1.29 is 14.8 Å². The van der Waals surface area contributed by atoms with Crippen molar-refractivity contribution in [1.29, 1.82) is 0 Å². The van der Waals surface area contributed by atoms with E-state index in [9.17, 15) is 20.0 Å². The van der Waals surface area contributed by atoms with E-state index in [-0.39, 0.29) is 17.1 Å². The number of nitro groups is 1. The average molecular weight is 251 g/mol. The number of phenolic OH excluding ortho intramolecular Hbond substituents is 1. The molecule has 1 fully saturated rings. The van der Waals surface area contributed by atoms with Crippen LogP contribution in [0, 0.1) is 10.1 Å². The zero-order valence-corrected chi connectivity index (χ0v) is 9.55. The lowest BCUT2D eigenvalue weighted by Gasteiger charge is -2.36. The molecule has 1 aliphatic rings. The molecule has 1 aromatic carbocycles. The molecule has 1 aliphatic carbocycles. The maximum atomic E-state index is 11.9. The lowest BCUT2D eigenvalue weighted by Crippen LogP contribution is -2.56. The van der Waals surface area contributed by atoms with Crippen LogP contribution in [0.1, 0.15) is 19.3 Å². The predicted octanol–water partition coefficient (Wildman–Crippen LogP) is 1.12. The molecule has 0 aromatic heterocycles. The Balaban J connectivity index is 2.23. The summed E-state index contributed by atoms with van der Waals surface area (Å²) in [4.78, 5) is 22.0. The van der Waals surface area contributed by atoms with Crippen LogP contribution < -0.4 is 11.1 Å². The first kappa shape index (κ1) is 12.3. The Morgan fingerprint density at radius 1 is 1.50 bits per heavy atom. The summed E-state index contributed by atoms with van der Waals surface area (Å²) in [6.07, 6.45) is 2.02. The highest BCUT2D eigenvalue weighted by atomic mass is 16.6. The minimum atomic E-state index is -0.925. The van der Waals surface area contributed by atoms with Crippen LogP contribution in [0.5, 0.6) is 5.75 Å². The fourth-order valence-corrected chi connectivity index (χ4v) is 1.81. The highest BCUT2D eigenvalue weighted by molar-refractivity contribution is 6.00. The van der Waals surface area contributed by atoms with Crippen molar-refractivity contribution in [1.82, 2.24) is 0 Å². The van der Waals surface area contributed by atoms with Crippen molar-refractivity contribution in [2.75, 3.05) is 5.32 Å². The van der Waals surface area contributed by atoms with Crippen LogP contribution >= 0.6 is 0 Å². The van der Waals surface area contributed by atoms with Crippen molar-refractivity contribution in [3.63, 3.8) is 0 Å². The third-order valence-electron chi connectivity index (χ3n) is 3.12. The number of rotatable bonds is 3. The van der Waals surface area contributed by atoms with E-state index >= 15 is 0 Å². The van der Waals surface area contributed by atoms with E-state index in [4.69, 9.17) is 5.73 Å². The molecular weight excluding hydrogens is 238 g/mol. The Bertz CT molecular complexity index is 511. The fraction of sp³-hybridized carbons (Fsp3) is 0.364. The molecule has 0 atom stereocenters. The third-order valence-corrected chi connectivity index (χ3v) is 3.12.